The second-order valence-corrected chi connectivity index (χ2v) is 2.87. The number of rotatable bonds is 3. The Hall–Kier alpha value is -1.70. The highest BCUT2D eigenvalue weighted by Gasteiger charge is 1.85. The number of azo groups is 1. The number of nitrogens with zero attached hydrogens (tertiary/aromatic N) is 2. The van der Waals surface area contributed by atoms with E-state index in [1.165, 1.54) is 0 Å². The maximum atomic E-state index is 4.08. The molecule has 0 aliphatic carbocycles. The lowest BCUT2D eigenvalue weighted by Gasteiger charge is -1.90. The molecule has 0 bridgehead atoms. The molecule has 0 radical (unpaired) electrons. The van der Waals surface area contributed by atoms with Gasteiger partial charge in [-0.1, -0.05) is 30.4 Å². The lowest BCUT2D eigenvalue weighted by atomic mass is 10.3. The van der Waals surface area contributed by atoms with Crippen LogP contribution in [-0.2, 0) is 0 Å². The van der Waals surface area contributed by atoms with Gasteiger partial charge in [0.05, 0.1) is 11.4 Å². The van der Waals surface area contributed by atoms with Crippen LogP contribution in [0.1, 0.15) is 13.8 Å². The average molecular weight is 186 g/mol. The molecule has 0 spiro atoms. The van der Waals surface area contributed by atoms with E-state index in [9.17, 15) is 0 Å². The lowest BCUT2D eigenvalue weighted by molar-refractivity contribution is 1.13. The van der Waals surface area contributed by atoms with E-state index >= 15 is 0 Å². The molecule has 0 saturated heterocycles. The molecular formula is C12H14N2. The van der Waals surface area contributed by atoms with Gasteiger partial charge in [-0.3, -0.25) is 0 Å². The maximum absolute atomic E-state index is 4.08. The van der Waals surface area contributed by atoms with Crippen molar-refractivity contribution >= 4 is 5.69 Å². The van der Waals surface area contributed by atoms with Crippen molar-refractivity contribution < 1.29 is 0 Å². The molecule has 1 aromatic carbocycles. The fraction of sp³-hybridized carbons (Fsp3) is 0.167. The van der Waals surface area contributed by atoms with Crippen molar-refractivity contribution in [2.75, 3.05) is 0 Å². The molecule has 2 heteroatoms. The Morgan fingerprint density at radius 1 is 1.21 bits per heavy atom. The van der Waals surface area contributed by atoms with Crippen molar-refractivity contribution in [2.24, 2.45) is 10.2 Å². The average Bonchev–Trinajstić information content (AvgIpc) is 2.25. The van der Waals surface area contributed by atoms with E-state index in [-0.39, 0.29) is 0 Å². The van der Waals surface area contributed by atoms with Crippen LogP contribution in [0.3, 0.4) is 0 Å². The minimum Gasteiger partial charge on any atom is -0.155 e. The number of allylic oxidation sites excluding steroid dienone is 4. The van der Waals surface area contributed by atoms with E-state index in [0.29, 0.717) is 0 Å². The third-order valence-electron chi connectivity index (χ3n) is 1.61. The van der Waals surface area contributed by atoms with Crippen LogP contribution in [0.15, 0.2) is 64.5 Å². The Labute approximate surface area is 84.7 Å². The second kappa shape index (κ2) is 5.86. The van der Waals surface area contributed by atoms with Gasteiger partial charge in [0.25, 0.3) is 0 Å². The Balaban J connectivity index is 2.65. The summed E-state index contributed by atoms with van der Waals surface area (Å²) in [5.41, 5.74) is 1.77. The minimum atomic E-state index is 0.876. The predicted molar refractivity (Wildman–Crippen MR) is 59.5 cm³/mol. The summed E-state index contributed by atoms with van der Waals surface area (Å²) in [4.78, 5) is 0. The van der Waals surface area contributed by atoms with Gasteiger partial charge in [0.1, 0.15) is 0 Å². The molecule has 2 nitrogen and oxygen atoms in total. The summed E-state index contributed by atoms with van der Waals surface area (Å²) in [6, 6.07) is 9.69. The van der Waals surface area contributed by atoms with E-state index < -0.39 is 0 Å². The molecule has 0 atom stereocenters. The lowest BCUT2D eigenvalue weighted by Crippen LogP contribution is -1.65. The number of hydrogen-bond donors (Lipinski definition) is 0. The fourth-order valence-electron chi connectivity index (χ4n) is 0.900. The minimum absolute atomic E-state index is 0.876. The quantitative estimate of drug-likeness (QED) is 0.498. The van der Waals surface area contributed by atoms with Crippen LogP contribution in [0.2, 0.25) is 0 Å². The van der Waals surface area contributed by atoms with Gasteiger partial charge in [-0.2, -0.15) is 10.2 Å². The van der Waals surface area contributed by atoms with E-state index in [1.54, 1.807) is 0 Å². The van der Waals surface area contributed by atoms with Gasteiger partial charge in [0.2, 0.25) is 0 Å². The molecule has 72 valence electrons. The summed E-state index contributed by atoms with van der Waals surface area (Å²) in [5.74, 6) is 0. The summed E-state index contributed by atoms with van der Waals surface area (Å²) < 4.78 is 0. The molecule has 0 saturated carbocycles. The second-order valence-electron chi connectivity index (χ2n) is 2.87. The molecule has 0 unspecified atom stereocenters. The fourth-order valence-corrected chi connectivity index (χ4v) is 0.900. The van der Waals surface area contributed by atoms with E-state index in [1.807, 2.05) is 62.4 Å². The van der Waals surface area contributed by atoms with Gasteiger partial charge in [-0.25, -0.2) is 0 Å². The first-order chi connectivity index (χ1) is 6.83. The topological polar surface area (TPSA) is 24.7 Å². The van der Waals surface area contributed by atoms with Crippen LogP contribution < -0.4 is 0 Å². The van der Waals surface area contributed by atoms with Gasteiger partial charge in [0.15, 0.2) is 0 Å². The molecule has 1 aromatic rings. The van der Waals surface area contributed by atoms with Crippen molar-refractivity contribution in [3.8, 4) is 0 Å². The molecule has 0 fully saturated rings. The third-order valence-corrected chi connectivity index (χ3v) is 1.61. The summed E-state index contributed by atoms with van der Waals surface area (Å²) in [6.45, 7) is 3.89. The largest absolute Gasteiger partial charge is 0.155 e. The zero-order chi connectivity index (χ0) is 10.2. The Morgan fingerprint density at radius 2 is 1.93 bits per heavy atom. The van der Waals surface area contributed by atoms with Crippen LogP contribution in [0.5, 0.6) is 0 Å². The van der Waals surface area contributed by atoms with Gasteiger partial charge in [-0.05, 0) is 32.1 Å². The van der Waals surface area contributed by atoms with Gasteiger partial charge < -0.3 is 0 Å². The van der Waals surface area contributed by atoms with Crippen LogP contribution in [0.25, 0.3) is 0 Å². The highest BCUT2D eigenvalue weighted by molar-refractivity contribution is 5.35. The monoisotopic (exact) mass is 186 g/mol. The molecule has 0 aromatic heterocycles. The van der Waals surface area contributed by atoms with Crippen molar-refractivity contribution in [2.45, 2.75) is 13.8 Å². The normalized spacial score (nSPS) is 12.9. The molecular weight excluding hydrogens is 172 g/mol. The first-order valence-corrected chi connectivity index (χ1v) is 4.59. The molecule has 0 heterocycles. The Morgan fingerprint density at radius 3 is 2.57 bits per heavy atom. The van der Waals surface area contributed by atoms with Crippen LogP contribution in [0.4, 0.5) is 5.69 Å². The van der Waals surface area contributed by atoms with Gasteiger partial charge in [0, 0.05) is 0 Å². The third kappa shape index (κ3) is 3.81. The SMILES string of the molecule is C/C=C\C=C(/C)N=Nc1ccccc1. The summed E-state index contributed by atoms with van der Waals surface area (Å²) in [7, 11) is 0. The molecule has 0 N–H and O–H groups in total. The van der Waals surface area contributed by atoms with Crippen molar-refractivity contribution in [1.29, 1.82) is 0 Å². The van der Waals surface area contributed by atoms with Crippen LogP contribution >= 0.6 is 0 Å². The standard InChI is InChI=1S/C12H14N2/c1-3-4-8-11(2)13-14-12-9-6-5-7-10-12/h3-10H,1-2H3/b4-3-,11-8+,14-13?. The molecule has 0 aliphatic heterocycles. The van der Waals surface area contributed by atoms with Gasteiger partial charge in [-0.15, -0.1) is 0 Å². The van der Waals surface area contributed by atoms with Crippen LogP contribution in [-0.4, -0.2) is 0 Å². The number of hydrogen-bond acceptors (Lipinski definition) is 2. The maximum Gasteiger partial charge on any atom is 0.0856 e. The van der Waals surface area contributed by atoms with Crippen LogP contribution in [0, 0.1) is 0 Å². The molecule has 0 amide bonds. The molecule has 1 rings (SSSR count). The zero-order valence-electron chi connectivity index (χ0n) is 8.51. The smallest absolute Gasteiger partial charge is 0.0856 e. The first-order valence-electron chi connectivity index (χ1n) is 4.59. The van der Waals surface area contributed by atoms with Crippen molar-refractivity contribution in [3.63, 3.8) is 0 Å². The number of benzene rings is 1. The Bertz CT molecular complexity index is 348. The van der Waals surface area contributed by atoms with E-state index in [2.05, 4.69) is 10.2 Å². The van der Waals surface area contributed by atoms with Crippen molar-refractivity contribution in [3.05, 3.63) is 54.3 Å². The summed E-state index contributed by atoms with van der Waals surface area (Å²) >= 11 is 0. The van der Waals surface area contributed by atoms with E-state index in [4.69, 9.17) is 0 Å². The molecule has 14 heavy (non-hydrogen) atoms. The molecule has 0 aliphatic rings. The Kier molecular flexibility index (Phi) is 4.35. The summed E-state index contributed by atoms with van der Waals surface area (Å²) in [6.07, 6.45) is 5.83. The van der Waals surface area contributed by atoms with Crippen molar-refractivity contribution in [1.82, 2.24) is 0 Å². The van der Waals surface area contributed by atoms with Gasteiger partial charge >= 0.3 is 0 Å². The highest BCUT2D eigenvalue weighted by Crippen LogP contribution is 2.11. The van der Waals surface area contributed by atoms with E-state index in [0.717, 1.165) is 11.4 Å². The summed E-state index contributed by atoms with van der Waals surface area (Å²) in [5, 5.41) is 8.15. The zero-order valence-corrected chi connectivity index (χ0v) is 8.51. The highest BCUT2D eigenvalue weighted by atomic mass is 15.1. The first kappa shape index (κ1) is 10.4. The predicted octanol–water partition coefficient (Wildman–Crippen LogP) is 4.25.